The first-order chi connectivity index (χ1) is 10.7. The third-order valence-corrected chi connectivity index (χ3v) is 4.15. The molecule has 4 nitrogen and oxygen atoms in total. The molecule has 0 spiro atoms. The van der Waals surface area contributed by atoms with E-state index in [4.69, 9.17) is 5.73 Å². The molecule has 1 fully saturated rings. The number of para-hydroxylation sites is 2. The van der Waals surface area contributed by atoms with Crippen molar-refractivity contribution in [1.82, 2.24) is 5.32 Å². The molecule has 0 bridgehead atoms. The molecule has 1 atom stereocenters. The van der Waals surface area contributed by atoms with E-state index in [9.17, 15) is 4.79 Å². The smallest absolute Gasteiger partial charge is 0.255 e. The Kier molecular flexibility index (Phi) is 4.39. The number of carbonyl (C=O) groups excluding carboxylic acids is 1. The molecule has 2 aromatic rings. The van der Waals surface area contributed by atoms with Gasteiger partial charge in [0.2, 0.25) is 0 Å². The van der Waals surface area contributed by atoms with E-state index in [0.29, 0.717) is 22.9 Å². The number of rotatable bonds is 3. The van der Waals surface area contributed by atoms with Crippen LogP contribution in [0.3, 0.4) is 0 Å². The zero-order chi connectivity index (χ0) is 15.4. The number of amides is 1. The number of piperidine rings is 1. The Bertz CT molecular complexity index is 646. The Hall–Kier alpha value is -2.33. The fourth-order valence-electron chi connectivity index (χ4n) is 2.85. The van der Waals surface area contributed by atoms with Crippen LogP contribution >= 0.6 is 0 Å². The Morgan fingerprint density at radius 3 is 2.59 bits per heavy atom. The minimum Gasteiger partial charge on any atom is -0.397 e. The number of nitrogens with one attached hydrogen (secondary N) is 2. The summed E-state index contributed by atoms with van der Waals surface area (Å²) >= 11 is 0. The molecule has 1 heterocycles. The normalized spacial score (nSPS) is 17.9. The molecule has 0 saturated carbocycles. The van der Waals surface area contributed by atoms with Crippen LogP contribution < -0.4 is 16.4 Å². The van der Waals surface area contributed by atoms with E-state index in [0.717, 1.165) is 13.1 Å². The lowest BCUT2D eigenvalue weighted by Crippen LogP contribution is -2.28. The molecular formula is C18H21N3O. The van der Waals surface area contributed by atoms with Crippen molar-refractivity contribution in [2.75, 3.05) is 24.1 Å². The first-order valence-electron chi connectivity index (χ1n) is 7.70. The molecule has 3 rings (SSSR count). The Morgan fingerprint density at radius 2 is 1.91 bits per heavy atom. The zero-order valence-corrected chi connectivity index (χ0v) is 12.5. The highest BCUT2D eigenvalue weighted by atomic mass is 16.1. The molecule has 2 aromatic carbocycles. The van der Waals surface area contributed by atoms with Crippen molar-refractivity contribution in [3.8, 4) is 0 Å². The molecule has 4 heteroatoms. The summed E-state index contributed by atoms with van der Waals surface area (Å²) in [6.07, 6.45) is 2.42. The van der Waals surface area contributed by atoms with Gasteiger partial charge in [0, 0.05) is 12.1 Å². The highest BCUT2D eigenvalue weighted by Crippen LogP contribution is 2.24. The molecule has 22 heavy (non-hydrogen) atoms. The molecule has 1 aliphatic rings. The van der Waals surface area contributed by atoms with Gasteiger partial charge in [-0.05, 0) is 55.1 Å². The summed E-state index contributed by atoms with van der Waals surface area (Å²) in [5.41, 5.74) is 9.01. The number of nitrogens with two attached hydrogens (primary N) is 1. The second kappa shape index (κ2) is 6.62. The maximum Gasteiger partial charge on any atom is 0.255 e. The van der Waals surface area contributed by atoms with Gasteiger partial charge in [0.15, 0.2) is 0 Å². The van der Waals surface area contributed by atoms with Crippen LogP contribution in [0.2, 0.25) is 0 Å². The number of nitrogen functional groups attached to an aromatic ring is 1. The van der Waals surface area contributed by atoms with Gasteiger partial charge in [-0.3, -0.25) is 4.79 Å². The van der Waals surface area contributed by atoms with Crippen molar-refractivity contribution in [3.63, 3.8) is 0 Å². The molecule has 0 radical (unpaired) electrons. The molecular weight excluding hydrogens is 274 g/mol. The topological polar surface area (TPSA) is 67.1 Å². The molecule has 4 N–H and O–H groups in total. The van der Waals surface area contributed by atoms with Crippen molar-refractivity contribution < 1.29 is 4.79 Å². The van der Waals surface area contributed by atoms with Crippen LogP contribution in [0.25, 0.3) is 0 Å². The number of carbonyl (C=O) groups is 1. The minimum absolute atomic E-state index is 0.133. The maximum atomic E-state index is 12.3. The molecule has 0 aromatic heterocycles. The third-order valence-electron chi connectivity index (χ3n) is 4.15. The monoisotopic (exact) mass is 295 g/mol. The van der Waals surface area contributed by atoms with Crippen molar-refractivity contribution >= 4 is 17.3 Å². The van der Waals surface area contributed by atoms with E-state index in [-0.39, 0.29) is 5.91 Å². The first-order valence-corrected chi connectivity index (χ1v) is 7.70. The van der Waals surface area contributed by atoms with Gasteiger partial charge in [-0.1, -0.05) is 24.3 Å². The number of benzene rings is 2. The number of anilines is 2. The average Bonchev–Trinajstić information content (AvgIpc) is 2.58. The predicted octanol–water partition coefficient (Wildman–Crippen LogP) is 2.99. The minimum atomic E-state index is -0.133. The lowest BCUT2D eigenvalue weighted by molar-refractivity contribution is 0.102. The van der Waals surface area contributed by atoms with Crippen molar-refractivity contribution in [2.24, 2.45) is 0 Å². The van der Waals surface area contributed by atoms with Crippen molar-refractivity contribution in [1.29, 1.82) is 0 Å². The zero-order valence-electron chi connectivity index (χ0n) is 12.5. The molecule has 1 aliphatic heterocycles. The van der Waals surface area contributed by atoms with Gasteiger partial charge in [0.1, 0.15) is 0 Å². The van der Waals surface area contributed by atoms with E-state index in [1.807, 2.05) is 24.3 Å². The second-order valence-electron chi connectivity index (χ2n) is 5.71. The van der Waals surface area contributed by atoms with Crippen LogP contribution in [0, 0.1) is 0 Å². The SMILES string of the molecule is Nc1ccccc1NC(=O)c1ccc(C2CCCNC2)cc1. The quantitative estimate of drug-likeness (QED) is 0.763. The van der Waals surface area contributed by atoms with Gasteiger partial charge < -0.3 is 16.4 Å². The maximum absolute atomic E-state index is 12.3. The van der Waals surface area contributed by atoms with E-state index in [1.165, 1.54) is 18.4 Å². The highest BCUT2D eigenvalue weighted by molar-refractivity contribution is 6.05. The van der Waals surface area contributed by atoms with Crippen LogP contribution in [0.5, 0.6) is 0 Å². The van der Waals surface area contributed by atoms with E-state index in [2.05, 4.69) is 22.8 Å². The summed E-state index contributed by atoms with van der Waals surface area (Å²) in [6, 6.07) is 15.2. The Balaban J connectivity index is 1.69. The van der Waals surface area contributed by atoms with Gasteiger partial charge in [-0.15, -0.1) is 0 Å². The molecule has 114 valence electrons. The lowest BCUT2D eigenvalue weighted by Gasteiger charge is -2.23. The summed E-state index contributed by atoms with van der Waals surface area (Å²) in [5.74, 6) is 0.418. The third kappa shape index (κ3) is 3.28. The van der Waals surface area contributed by atoms with Crippen LogP contribution in [-0.4, -0.2) is 19.0 Å². The Labute approximate surface area is 130 Å². The average molecular weight is 295 g/mol. The van der Waals surface area contributed by atoms with Crippen molar-refractivity contribution in [2.45, 2.75) is 18.8 Å². The van der Waals surface area contributed by atoms with Gasteiger partial charge in [0.05, 0.1) is 11.4 Å². The van der Waals surface area contributed by atoms with Crippen LogP contribution in [0.1, 0.15) is 34.7 Å². The summed E-state index contributed by atoms with van der Waals surface area (Å²) in [7, 11) is 0. The van der Waals surface area contributed by atoms with E-state index >= 15 is 0 Å². The van der Waals surface area contributed by atoms with Crippen LogP contribution in [0.15, 0.2) is 48.5 Å². The van der Waals surface area contributed by atoms with Gasteiger partial charge >= 0.3 is 0 Å². The fourth-order valence-corrected chi connectivity index (χ4v) is 2.85. The summed E-state index contributed by atoms with van der Waals surface area (Å²) in [6.45, 7) is 2.13. The lowest BCUT2D eigenvalue weighted by atomic mass is 9.91. The number of hydrogen-bond donors (Lipinski definition) is 3. The molecule has 1 unspecified atom stereocenters. The highest BCUT2D eigenvalue weighted by Gasteiger charge is 2.15. The van der Waals surface area contributed by atoms with E-state index < -0.39 is 0 Å². The van der Waals surface area contributed by atoms with Gasteiger partial charge in [0.25, 0.3) is 5.91 Å². The molecule has 1 saturated heterocycles. The summed E-state index contributed by atoms with van der Waals surface area (Å²) in [5, 5.41) is 6.27. The largest absolute Gasteiger partial charge is 0.397 e. The Morgan fingerprint density at radius 1 is 1.14 bits per heavy atom. The first kappa shape index (κ1) is 14.6. The predicted molar refractivity (Wildman–Crippen MR) is 90.1 cm³/mol. The van der Waals surface area contributed by atoms with Crippen molar-refractivity contribution in [3.05, 3.63) is 59.7 Å². The second-order valence-corrected chi connectivity index (χ2v) is 5.71. The standard InChI is InChI=1S/C18H21N3O/c19-16-5-1-2-6-17(16)21-18(22)14-9-7-13(8-10-14)15-4-3-11-20-12-15/h1-2,5-10,15,20H,3-4,11-12,19H2,(H,21,22). The van der Waals surface area contributed by atoms with Gasteiger partial charge in [-0.2, -0.15) is 0 Å². The molecule has 0 aliphatic carbocycles. The van der Waals surface area contributed by atoms with Gasteiger partial charge in [-0.25, -0.2) is 0 Å². The molecule has 1 amide bonds. The number of hydrogen-bond acceptors (Lipinski definition) is 3. The van der Waals surface area contributed by atoms with Crippen LogP contribution in [0.4, 0.5) is 11.4 Å². The summed E-state index contributed by atoms with van der Waals surface area (Å²) in [4.78, 5) is 12.3. The van der Waals surface area contributed by atoms with Crippen LogP contribution in [-0.2, 0) is 0 Å². The fraction of sp³-hybridized carbons (Fsp3) is 0.278. The summed E-state index contributed by atoms with van der Waals surface area (Å²) < 4.78 is 0. The van der Waals surface area contributed by atoms with E-state index in [1.54, 1.807) is 12.1 Å².